The zero-order valence-electron chi connectivity index (χ0n) is 18.5. The van der Waals surface area contributed by atoms with E-state index in [4.69, 9.17) is 0 Å². The molecule has 0 radical (unpaired) electrons. The van der Waals surface area contributed by atoms with Gasteiger partial charge in [0.2, 0.25) is 11.8 Å². The monoisotopic (exact) mass is 484 g/mol. The SMILES string of the molecule is O=C(c1ccc(F)cc1)[C@@H]1[C@@H]2C(=O)N(c3cccc([N+](=O)[O-])c3)C(=O)[C@@H]2[C@H]2c3ccccc3C=NN12. The highest BCUT2D eigenvalue weighted by atomic mass is 19.1. The first-order valence-corrected chi connectivity index (χ1v) is 11.2. The van der Waals surface area contributed by atoms with Crippen molar-refractivity contribution < 1.29 is 23.7 Å². The smallest absolute Gasteiger partial charge is 0.271 e. The third-order valence-electron chi connectivity index (χ3n) is 6.99. The van der Waals surface area contributed by atoms with Crippen molar-refractivity contribution in [2.75, 3.05) is 4.90 Å². The summed E-state index contributed by atoms with van der Waals surface area (Å²) in [4.78, 5) is 52.9. The minimum atomic E-state index is -1.12. The Labute approximate surface area is 203 Å². The Balaban J connectivity index is 1.49. The van der Waals surface area contributed by atoms with Crippen molar-refractivity contribution in [1.82, 2.24) is 5.01 Å². The van der Waals surface area contributed by atoms with Crippen molar-refractivity contribution in [2.24, 2.45) is 16.9 Å². The van der Waals surface area contributed by atoms with Crippen LogP contribution < -0.4 is 4.90 Å². The highest BCUT2D eigenvalue weighted by molar-refractivity contribution is 6.24. The van der Waals surface area contributed by atoms with Crippen LogP contribution in [0, 0.1) is 27.8 Å². The summed E-state index contributed by atoms with van der Waals surface area (Å²) in [5, 5.41) is 17.3. The number of benzene rings is 3. The van der Waals surface area contributed by atoms with E-state index < -0.39 is 52.3 Å². The molecular weight excluding hydrogens is 467 g/mol. The molecule has 6 rings (SSSR count). The molecule has 0 N–H and O–H groups in total. The Hall–Kier alpha value is -4.73. The Morgan fingerprint density at radius 1 is 0.944 bits per heavy atom. The predicted octanol–water partition coefficient (Wildman–Crippen LogP) is 3.50. The van der Waals surface area contributed by atoms with Crippen LogP contribution in [-0.4, -0.2) is 39.8 Å². The van der Waals surface area contributed by atoms with Crippen molar-refractivity contribution in [2.45, 2.75) is 12.1 Å². The summed E-state index contributed by atoms with van der Waals surface area (Å²) in [7, 11) is 0. The highest BCUT2D eigenvalue weighted by Crippen LogP contribution is 2.53. The molecule has 36 heavy (non-hydrogen) atoms. The second-order valence-electron chi connectivity index (χ2n) is 8.85. The molecule has 0 aromatic heterocycles. The maximum atomic E-state index is 13.8. The molecule has 3 aliphatic heterocycles. The molecule has 3 aliphatic rings. The Morgan fingerprint density at radius 3 is 2.42 bits per heavy atom. The Bertz CT molecular complexity index is 1490. The van der Waals surface area contributed by atoms with Crippen LogP contribution in [0.3, 0.4) is 0 Å². The summed E-state index contributed by atoms with van der Waals surface area (Å²) >= 11 is 0. The third-order valence-corrected chi connectivity index (χ3v) is 6.99. The lowest BCUT2D eigenvalue weighted by atomic mass is 9.83. The molecule has 0 saturated carbocycles. The zero-order chi connectivity index (χ0) is 25.1. The molecule has 3 heterocycles. The molecule has 3 aromatic rings. The number of fused-ring (bicyclic) bond motifs is 5. The standard InChI is InChI=1S/C26H17FN4O5/c27-16-10-8-14(9-11-16)24(32)23-21-20(22-19-7-2-1-4-15(19)13-28-30(22)23)25(33)29(26(21)34)17-5-3-6-18(12-17)31(35)36/h1-13,20-23H/t20-,21+,22+,23-/m0/s1. The molecule has 3 aromatic carbocycles. The molecule has 0 aliphatic carbocycles. The van der Waals surface area contributed by atoms with Crippen LogP contribution in [0.1, 0.15) is 27.5 Å². The van der Waals surface area contributed by atoms with Gasteiger partial charge in [0.15, 0.2) is 5.78 Å². The summed E-state index contributed by atoms with van der Waals surface area (Å²) in [6, 6.07) is 15.7. The number of nitro benzene ring substituents is 1. The van der Waals surface area contributed by atoms with Gasteiger partial charge in [0.05, 0.1) is 34.7 Å². The predicted molar refractivity (Wildman–Crippen MR) is 126 cm³/mol. The third kappa shape index (κ3) is 3.07. The molecule has 2 amide bonds. The number of nitrogens with zero attached hydrogens (tertiary/aromatic N) is 4. The van der Waals surface area contributed by atoms with Gasteiger partial charge in [0.1, 0.15) is 11.9 Å². The van der Waals surface area contributed by atoms with Crippen LogP contribution >= 0.6 is 0 Å². The number of imide groups is 1. The van der Waals surface area contributed by atoms with Crippen LogP contribution in [-0.2, 0) is 9.59 Å². The van der Waals surface area contributed by atoms with Crippen LogP contribution in [0.2, 0.25) is 0 Å². The van der Waals surface area contributed by atoms with Crippen LogP contribution in [0.4, 0.5) is 15.8 Å². The van der Waals surface area contributed by atoms with Crippen molar-refractivity contribution in [1.29, 1.82) is 0 Å². The van der Waals surface area contributed by atoms with E-state index in [1.807, 2.05) is 18.2 Å². The number of hydrogen-bond donors (Lipinski definition) is 0. The van der Waals surface area contributed by atoms with Crippen molar-refractivity contribution in [3.05, 3.63) is 105 Å². The molecule has 10 heteroatoms. The first-order valence-electron chi connectivity index (χ1n) is 11.2. The summed E-state index contributed by atoms with van der Waals surface area (Å²) in [6.07, 6.45) is 1.59. The number of Topliss-reactive ketones (excluding diaryl/α,β-unsaturated/α-hetero) is 1. The first kappa shape index (κ1) is 21.8. The number of carbonyl (C=O) groups is 3. The fraction of sp³-hybridized carbons (Fsp3) is 0.154. The number of non-ortho nitro benzene ring substituents is 1. The van der Waals surface area contributed by atoms with Gasteiger partial charge in [0.25, 0.3) is 5.69 Å². The van der Waals surface area contributed by atoms with Crippen molar-refractivity contribution >= 4 is 35.2 Å². The van der Waals surface area contributed by atoms with Gasteiger partial charge in [-0.2, -0.15) is 5.10 Å². The zero-order valence-corrected chi connectivity index (χ0v) is 18.5. The maximum absolute atomic E-state index is 13.8. The van der Waals surface area contributed by atoms with E-state index in [1.165, 1.54) is 41.4 Å². The van der Waals surface area contributed by atoms with E-state index in [9.17, 15) is 28.9 Å². The minimum absolute atomic E-state index is 0.0701. The fourth-order valence-electron chi connectivity index (χ4n) is 5.45. The Kier molecular flexibility index (Phi) is 4.78. The van der Waals surface area contributed by atoms with Gasteiger partial charge in [-0.1, -0.05) is 30.3 Å². The number of hydrazone groups is 1. The quantitative estimate of drug-likeness (QED) is 0.242. The van der Waals surface area contributed by atoms with Crippen molar-refractivity contribution in [3.8, 4) is 0 Å². The lowest BCUT2D eigenvalue weighted by Gasteiger charge is -2.33. The molecular formula is C26H17FN4O5. The second-order valence-corrected chi connectivity index (χ2v) is 8.85. The number of carbonyl (C=O) groups excluding carboxylic acids is 3. The topological polar surface area (TPSA) is 113 Å². The van der Waals surface area contributed by atoms with Gasteiger partial charge < -0.3 is 0 Å². The number of nitro groups is 1. The number of ketones is 1. The van der Waals surface area contributed by atoms with Gasteiger partial charge >= 0.3 is 0 Å². The molecule has 2 fully saturated rings. The number of amides is 2. The summed E-state index contributed by atoms with van der Waals surface area (Å²) < 4.78 is 13.5. The van der Waals surface area contributed by atoms with Crippen molar-refractivity contribution in [3.63, 3.8) is 0 Å². The lowest BCUT2D eigenvalue weighted by molar-refractivity contribution is -0.384. The summed E-state index contributed by atoms with van der Waals surface area (Å²) in [6.45, 7) is 0. The summed E-state index contributed by atoms with van der Waals surface area (Å²) in [5.74, 6) is -4.18. The molecule has 0 spiro atoms. The molecule has 0 unspecified atom stereocenters. The van der Waals surface area contributed by atoms with Gasteiger partial charge in [-0.15, -0.1) is 0 Å². The number of anilines is 1. The number of hydrogen-bond acceptors (Lipinski definition) is 7. The average molecular weight is 484 g/mol. The van der Waals surface area contributed by atoms with E-state index in [1.54, 1.807) is 12.3 Å². The first-order chi connectivity index (χ1) is 17.4. The van der Waals surface area contributed by atoms with E-state index in [0.717, 1.165) is 28.2 Å². The highest BCUT2D eigenvalue weighted by Gasteiger charge is 2.65. The minimum Gasteiger partial charge on any atom is -0.292 e. The van der Waals surface area contributed by atoms with Crippen LogP contribution in [0.5, 0.6) is 0 Å². The maximum Gasteiger partial charge on any atom is 0.271 e. The van der Waals surface area contributed by atoms with Crippen LogP contribution in [0.15, 0.2) is 77.9 Å². The molecule has 4 atom stereocenters. The normalized spacial score (nSPS) is 23.9. The molecule has 2 saturated heterocycles. The van der Waals surface area contributed by atoms with Gasteiger partial charge in [-0.05, 0) is 41.5 Å². The lowest BCUT2D eigenvalue weighted by Crippen LogP contribution is -2.44. The molecule has 0 bridgehead atoms. The number of halogens is 1. The van der Waals surface area contributed by atoms with Gasteiger partial charge in [-0.3, -0.25) is 29.5 Å². The van der Waals surface area contributed by atoms with E-state index >= 15 is 0 Å². The van der Waals surface area contributed by atoms with Crippen LogP contribution in [0.25, 0.3) is 0 Å². The largest absolute Gasteiger partial charge is 0.292 e. The van der Waals surface area contributed by atoms with E-state index in [2.05, 4.69) is 5.10 Å². The fourth-order valence-corrected chi connectivity index (χ4v) is 5.45. The average Bonchev–Trinajstić information content (AvgIpc) is 3.36. The van der Waals surface area contributed by atoms with Gasteiger partial charge in [-0.25, -0.2) is 9.29 Å². The second kappa shape index (κ2) is 7.91. The molecule has 9 nitrogen and oxygen atoms in total. The Morgan fingerprint density at radius 2 is 1.67 bits per heavy atom. The molecule has 178 valence electrons. The van der Waals surface area contributed by atoms with Gasteiger partial charge in [0, 0.05) is 17.7 Å². The van der Waals surface area contributed by atoms with E-state index in [-0.39, 0.29) is 16.9 Å². The number of rotatable bonds is 4. The van der Waals surface area contributed by atoms with E-state index in [0.29, 0.717) is 0 Å². The summed E-state index contributed by atoms with van der Waals surface area (Å²) in [5.41, 5.74) is 1.50.